The first-order valence-corrected chi connectivity index (χ1v) is 10.6. The lowest BCUT2D eigenvalue weighted by molar-refractivity contribution is -0.130. The standard InChI is InChI=1S/C21H22BrNO2S/c1-15(24)23-11-9-17(10-12-23)21(25)19-8-7-18(22)13-20(19)26-14-16-5-3-2-4-6-16/h2-8,13,17H,9-12,14H2,1H3. The van der Waals surface area contributed by atoms with E-state index in [0.29, 0.717) is 13.1 Å². The molecule has 0 N–H and O–H groups in total. The Morgan fingerprint density at radius 3 is 2.46 bits per heavy atom. The van der Waals surface area contributed by atoms with Crippen LogP contribution in [0, 0.1) is 5.92 Å². The Labute approximate surface area is 167 Å². The van der Waals surface area contributed by atoms with Gasteiger partial charge in [-0.3, -0.25) is 9.59 Å². The predicted octanol–water partition coefficient (Wildman–Crippen LogP) is 5.18. The zero-order valence-electron chi connectivity index (χ0n) is 14.8. The Morgan fingerprint density at radius 2 is 1.81 bits per heavy atom. The molecule has 26 heavy (non-hydrogen) atoms. The average molecular weight is 432 g/mol. The number of likely N-dealkylation sites (tertiary alicyclic amines) is 1. The molecule has 0 aromatic heterocycles. The van der Waals surface area contributed by atoms with E-state index < -0.39 is 0 Å². The van der Waals surface area contributed by atoms with Crippen LogP contribution in [0.25, 0.3) is 0 Å². The Morgan fingerprint density at radius 1 is 1.12 bits per heavy atom. The smallest absolute Gasteiger partial charge is 0.219 e. The minimum Gasteiger partial charge on any atom is -0.343 e. The summed E-state index contributed by atoms with van der Waals surface area (Å²) in [5, 5.41) is 0. The van der Waals surface area contributed by atoms with Crippen LogP contribution in [0.3, 0.4) is 0 Å². The molecule has 0 spiro atoms. The van der Waals surface area contributed by atoms with Crippen molar-refractivity contribution in [3.8, 4) is 0 Å². The molecule has 0 unspecified atom stereocenters. The fraction of sp³-hybridized carbons (Fsp3) is 0.333. The third kappa shape index (κ3) is 4.77. The van der Waals surface area contributed by atoms with Crippen LogP contribution in [-0.4, -0.2) is 29.7 Å². The van der Waals surface area contributed by atoms with Gasteiger partial charge >= 0.3 is 0 Å². The van der Waals surface area contributed by atoms with Crippen molar-refractivity contribution in [2.45, 2.75) is 30.4 Å². The largest absolute Gasteiger partial charge is 0.343 e. The number of piperidine rings is 1. The molecule has 1 saturated heterocycles. The summed E-state index contributed by atoms with van der Waals surface area (Å²) in [5.74, 6) is 1.14. The molecule has 136 valence electrons. The quantitative estimate of drug-likeness (QED) is 0.483. The van der Waals surface area contributed by atoms with Gasteiger partial charge in [-0.05, 0) is 36.6 Å². The number of hydrogen-bond acceptors (Lipinski definition) is 3. The van der Waals surface area contributed by atoms with E-state index in [0.717, 1.165) is 33.5 Å². The number of carbonyl (C=O) groups is 2. The highest BCUT2D eigenvalue weighted by Gasteiger charge is 2.28. The minimum absolute atomic E-state index is 0.00264. The van der Waals surface area contributed by atoms with Crippen LogP contribution in [0.5, 0.6) is 0 Å². The summed E-state index contributed by atoms with van der Waals surface area (Å²) < 4.78 is 0.982. The highest BCUT2D eigenvalue weighted by molar-refractivity contribution is 9.10. The van der Waals surface area contributed by atoms with Crippen LogP contribution in [0.15, 0.2) is 57.9 Å². The number of Topliss-reactive ketones (excluding diaryl/α,β-unsaturated/α-hetero) is 1. The van der Waals surface area contributed by atoms with Crippen molar-refractivity contribution in [2.75, 3.05) is 13.1 Å². The van der Waals surface area contributed by atoms with E-state index in [1.165, 1.54) is 5.56 Å². The van der Waals surface area contributed by atoms with E-state index in [1.807, 2.05) is 41.3 Å². The Kier molecular flexibility index (Phi) is 6.54. The number of nitrogens with zero attached hydrogens (tertiary/aromatic N) is 1. The van der Waals surface area contributed by atoms with Gasteiger partial charge in [0.05, 0.1) is 0 Å². The summed E-state index contributed by atoms with van der Waals surface area (Å²) in [7, 11) is 0. The Bertz CT molecular complexity index is 786. The first-order chi connectivity index (χ1) is 12.5. The van der Waals surface area contributed by atoms with Gasteiger partial charge in [-0.1, -0.05) is 46.3 Å². The minimum atomic E-state index is 0.00264. The van der Waals surface area contributed by atoms with Crippen LogP contribution in [0.4, 0.5) is 0 Å². The SMILES string of the molecule is CC(=O)N1CCC(C(=O)c2ccc(Br)cc2SCc2ccccc2)CC1. The number of hydrogen-bond donors (Lipinski definition) is 0. The zero-order valence-corrected chi connectivity index (χ0v) is 17.2. The van der Waals surface area contributed by atoms with Crippen LogP contribution in [-0.2, 0) is 10.5 Å². The second kappa shape index (κ2) is 8.87. The second-order valence-electron chi connectivity index (χ2n) is 6.56. The molecule has 3 rings (SSSR count). The molecule has 2 aromatic carbocycles. The van der Waals surface area contributed by atoms with Gasteiger partial charge in [0.25, 0.3) is 0 Å². The van der Waals surface area contributed by atoms with Crippen LogP contribution >= 0.6 is 27.7 Å². The number of rotatable bonds is 5. The summed E-state index contributed by atoms with van der Waals surface area (Å²) in [6.45, 7) is 2.94. The lowest BCUT2D eigenvalue weighted by atomic mass is 9.89. The van der Waals surface area contributed by atoms with Gasteiger partial charge in [0.1, 0.15) is 0 Å². The van der Waals surface area contributed by atoms with Gasteiger partial charge in [-0.2, -0.15) is 0 Å². The Balaban J connectivity index is 1.73. The molecule has 1 aliphatic rings. The number of ketones is 1. The molecule has 1 aliphatic heterocycles. The first kappa shape index (κ1) is 19.2. The first-order valence-electron chi connectivity index (χ1n) is 8.80. The molecule has 3 nitrogen and oxygen atoms in total. The molecule has 1 fully saturated rings. The van der Waals surface area contributed by atoms with Gasteiger partial charge < -0.3 is 4.90 Å². The molecule has 1 heterocycles. The van der Waals surface area contributed by atoms with Gasteiger partial charge in [0.15, 0.2) is 5.78 Å². The maximum Gasteiger partial charge on any atom is 0.219 e. The van der Waals surface area contributed by atoms with Crippen molar-refractivity contribution in [1.82, 2.24) is 4.90 Å². The number of halogens is 1. The highest BCUT2D eigenvalue weighted by Crippen LogP contribution is 2.32. The average Bonchev–Trinajstić information content (AvgIpc) is 2.67. The van der Waals surface area contributed by atoms with Crippen LogP contribution < -0.4 is 0 Å². The number of benzene rings is 2. The third-order valence-electron chi connectivity index (χ3n) is 4.76. The van der Waals surface area contributed by atoms with Crippen molar-refractivity contribution in [3.05, 3.63) is 64.1 Å². The molecule has 1 amide bonds. The maximum absolute atomic E-state index is 13.1. The van der Waals surface area contributed by atoms with E-state index in [9.17, 15) is 9.59 Å². The predicted molar refractivity (Wildman–Crippen MR) is 109 cm³/mol. The third-order valence-corrected chi connectivity index (χ3v) is 6.38. The normalized spacial score (nSPS) is 15.1. The van der Waals surface area contributed by atoms with Crippen molar-refractivity contribution < 1.29 is 9.59 Å². The fourth-order valence-electron chi connectivity index (χ4n) is 3.23. The molecule has 5 heteroatoms. The monoisotopic (exact) mass is 431 g/mol. The van der Waals surface area contributed by atoms with Gasteiger partial charge in [0, 0.05) is 46.6 Å². The Hall–Kier alpha value is -1.59. The summed E-state index contributed by atoms with van der Waals surface area (Å²) >= 11 is 5.22. The molecule has 0 saturated carbocycles. The molecule has 0 radical (unpaired) electrons. The number of amides is 1. The zero-order chi connectivity index (χ0) is 18.5. The van der Waals surface area contributed by atoms with Crippen molar-refractivity contribution in [3.63, 3.8) is 0 Å². The lowest BCUT2D eigenvalue weighted by Gasteiger charge is -2.30. The van der Waals surface area contributed by atoms with E-state index in [1.54, 1.807) is 18.7 Å². The molecular formula is C21H22BrNO2S. The van der Waals surface area contributed by atoms with Crippen molar-refractivity contribution >= 4 is 39.4 Å². The molecule has 0 aliphatic carbocycles. The molecular weight excluding hydrogens is 410 g/mol. The number of thioether (sulfide) groups is 1. The van der Waals surface area contributed by atoms with Gasteiger partial charge in [-0.15, -0.1) is 11.8 Å². The lowest BCUT2D eigenvalue weighted by Crippen LogP contribution is -2.39. The fourth-order valence-corrected chi connectivity index (χ4v) is 4.79. The second-order valence-corrected chi connectivity index (χ2v) is 8.49. The number of carbonyl (C=O) groups excluding carboxylic acids is 2. The molecule has 0 atom stereocenters. The summed E-state index contributed by atoms with van der Waals surface area (Å²) in [4.78, 5) is 27.4. The highest BCUT2D eigenvalue weighted by atomic mass is 79.9. The summed E-state index contributed by atoms with van der Waals surface area (Å²) in [5.41, 5.74) is 2.04. The van der Waals surface area contributed by atoms with Crippen LogP contribution in [0.2, 0.25) is 0 Å². The van der Waals surface area contributed by atoms with E-state index in [-0.39, 0.29) is 17.6 Å². The van der Waals surface area contributed by atoms with Crippen molar-refractivity contribution in [2.24, 2.45) is 5.92 Å². The van der Waals surface area contributed by atoms with Gasteiger partial charge in [0.2, 0.25) is 5.91 Å². The van der Waals surface area contributed by atoms with E-state index >= 15 is 0 Å². The maximum atomic E-state index is 13.1. The van der Waals surface area contributed by atoms with Gasteiger partial charge in [-0.25, -0.2) is 0 Å². The van der Waals surface area contributed by atoms with E-state index in [4.69, 9.17) is 0 Å². The topological polar surface area (TPSA) is 37.4 Å². The molecule has 0 bridgehead atoms. The molecule has 2 aromatic rings. The van der Waals surface area contributed by atoms with E-state index in [2.05, 4.69) is 28.1 Å². The van der Waals surface area contributed by atoms with Crippen LogP contribution in [0.1, 0.15) is 35.7 Å². The van der Waals surface area contributed by atoms with Crippen molar-refractivity contribution in [1.29, 1.82) is 0 Å². The summed E-state index contributed by atoms with van der Waals surface area (Å²) in [6, 6.07) is 16.2. The summed E-state index contributed by atoms with van der Waals surface area (Å²) in [6.07, 6.45) is 1.49.